The van der Waals surface area contributed by atoms with Gasteiger partial charge in [0.2, 0.25) is 0 Å². The molecule has 0 fully saturated rings. The Morgan fingerprint density at radius 3 is 2.75 bits per heavy atom. The monoisotopic (exact) mass is 296 g/mol. The predicted molar refractivity (Wildman–Crippen MR) is 79.0 cm³/mol. The van der Waals surface area contributed by atoms with Gasteiger partial charge in [-0.1, -0.05) is 6.92 Å². The number of nitrogen functional groups attached to an aromatic ring is 1. The van der Waals surface area contributed by atoms with Crippen molar-refractivity contribution < 1.29 is 0 Å². The first kappa shape index (κ1) is 14.7. The lowest BCUT2D eigenvalue weighted by Crippen LogP contribution is -2.19. The molecule has 7 nitrogen and oxygen atoms in total. The van der Waals surface area contributed by atoms with Crippen LogP contribution in [0.5, 0.6) is 0 Å². The van der Waals surface area contributed by atoms with Crippen LogP contribution in [0.3, 0.4) is 0 Å². The van der Waals surface area contributed by atoms with Gasteiger partial charge in [-0.2, -0.15) is 5.10 Å². The van der Waals surface area contributed by atoms with Gasteiger partial charge in [-0.05, 0) is 39.0 Å². The van der Waals surface area contributed by atoms with E-state index in [2.05, 4.69) is 22.2 Å². The first-order valence-corrected chi connectivity index (χ1v) is 7.45. The minimum absolute atomic E-state index is 0.0358. The number of rotatable bonds is 5. The number of hydrogen-bond donors (Lipinski definition) is 2. The zero-order valence-electron chi connectivity index (χ0n) is 12.2. The zero-order chi connectivity index (χ0) is 14.9. The average molecular weight is 296 g/mol. The molecule has 0 amide bonds. The van der Waals surface area contributed by atoms with Gasteiger partial charge >= 0.3 is 5.69 Å². The quantitative estimate of drug-likeness (QED) is 0.877. The average Bonchev–Trinajstić information content (AvgIpc) is 2.86. The van der Waals surface area contributed by atoms with Crippen molar-refractivity contribution in [3.8, 4) is 0 Å². The van der Waals surface area contributed by atoms with Crippen LogP contribution in [0.1, 0.15) is 38.9 Å². The number of nitrogens with zero attached hydrogens (tertiary/aromatic N) is 4. The van der Waals surface area contributed by atoms with Gasteiger partial charge < -0.3 is 5.73 Å². The van der Waals surface area contributed by atoms with Crippen molar-refractivity contribution in [2.75, 3.05) is 5.73 Å². The molecule has 2 heterocycles. The Morgan fingerprint density at radius 2 is 2.15 bits per heavy atom. The van der Waals surface area contributed by atoms with Gasteiger partial charge in [-0.3, -0.25) is 9.25 Å². The van der Waals surface area contributed by atoms with Crippen molar-refractivity contribution >= 4 is 17.4 Å². The minimum Gasteiger partial charge on any atom is -0.395 e. The second-order valence-corrected chi connectivity index (χ2v) is 5.86. The van der Waals surface area contributed by atoms with Crippen molar-refractivity contribution in [1.29, 1.82) is 0 Å². The van der Waals surface area contributed by atoms with Gasteiger partial charge in [0.1, 0.15) is 5.03 Å². The number of nitrogens with two attached hydrogens (primary N) is 1. The summed E-state index contributed by atoms with van der Waals surface area (Å²) in [6.07, 6.45) is 0.964. The maximum absolute atomic E-state index is 11.8. The number of anilines is 1. The standard InChI is InChI=1S/C12H20N6OS/c1-5-6-17-10(9(13)8(4)16-17)20-12-15-14-11(19)18(12)7(2)3/h7H,5-6,13H2,1-4H3,(H,14,19). The van der Waals surface area contributed by atoms with Crippen molar-refractivity contribution in [2.24, 2.45) is 0 Å². The van der Waals surface area contributed by atoms with E-state index in [1.807, 2.05) is 25.5 Å². The Hall–Kier alpha value is -1.70. The summed E-state index contributed by atoms with van der Waals surface area (Å²) in [6, 6.07) is 0.0358. The Kier molecular flexibility index (Phi) is 4.22. The highest BCUT2D eigenvalue weighted by Crippen LogP contribution is 2.33. The lowest BCUT2D eigenvalue weighted by atomic mass is 10.4. The molecule has 2 aromatic heterocycles. The van der Waals surface area contributed by atoms with Crippen LogP contribution in [0.2, 0.25) is 0 Å². The van der Waals surface area contributed by atoms with E-state index in [4.69, 9.17) is 5.73 Å². The maximum atomic E-state index is 11.8. The predicted octanol–water partition coefficient (Wildman–Crippen LogP) is 1.80. The van der Waals surface area contributed by atoms with E-state index < -0.39 is 0 Å². The number of aryl methyl sites for hydroxylation is 2. The smallest absolute Gasteiger partial charge is 0.344 e. The molecule has 0 unspecified atom stereocenters. The van der Waals surface area contributed by atoms with Crippen molar-refractivity contribution in [2.45, 2.75) is 56.9 Å². The Morgan fingerprint density at radius 1 is 1.45 bits per heavy atom. The number of H-pyrrole nitrogens is 1. The molecule has 0 aliphatic heterocycles. The molecule has 0 atom stereocenters. The van der Waals surface area contributed by atoms with Crippen LogP contribution in [0.15, 0.2) is 15.0 Å². The third kappa shape index (κ3) is 2.60. The van der Waals surface area contributed by atoms with E-state index in [9.17, 15) is 4.79 Å². The van der Waals surface area contributed by atoms with E-state index >= 15 is 0 Å². The molecular formula is C12H20N6OS. The van der Waals surface area contributed by atoms with E-state index in [-0.39, 0.29) is 11.7 Å². The van der Waals surface area contributed by atoms with Gasteiger partial charge in [0, 0.05) is 12.6 Å². The number of aromatic nitrogens is 5. The van der Waals surface area contributed by atoms with Gasteiger partial charge in [0.15, 0.2) is 5.16 Å². The molecule has 0 bridgehead atoms. The summed E-state index contributed by atoms with van der Waals surface area (Å²) in [5, 5.41) is 12.4. The second kappa shape index (κ2) is 5.74. The van der Waals surface area contributed by atoms with Gasteiger partial charge in [0.25, 0.3) is 0 Å². The molecule has 110 valence electrons. The van der Waals surface area contributed by atoms with Crippen LogP contribution in [-0.2, 0) is 6.54 Å². The van der Waals surface area contributed by atoms with E-state index in [1.54, 1.807) is 4.57 Å². The molecule has 2 rings (SSSR count). The fourth-order valence-electron chi connectivity index (χ4n) is 1.95. The van der Waals surface area contributed by atoms with Crippen molar-refractivity contribution in [1.82, 2.24) is 24.5 Å². The fourth-order valence-corrected chi connectivity index (χ4v) is 3.10. The Balaban J connectivity index is 2.42. The van der Waals surface area contributed by atoms with Gasteiger partial charge in [-0.25, -0.2) is 9.89 Å². The first-order chi connectivity index (χ1) is 9.45. The molecule has 0 radical (unpaired) electrons. The molecule has 0 aliphatic carbocycles. The summed E-state index contributed by atoms with van der Waals surface area (Å²) in [4.78, 5) is 11.8. The molecule has 8 heteroatoms. The molecule has 20 heavy (non-hydrogen) atoms. The SMILES string of the molecule is CCCn1nc(C)c(N)c1Sc1n[nH]c(=O)n1C(C)C. The molecule has 2 aromatic rings. The molecule has 0 aliphatic rings. The lowest BCUT2D eigenvalue weighted by molar-refractivity contribution is 0.529. The third-order valence-corrected chi connectivity index (χ3v) is 4.03. The highest BCUT2D eigenvalue weighted by Gasteiger charge is 2.19. The first-order valence-electron chi connectivity index (χ1n) is 6.63. The van der Waals surface area contributed by atoms with Crippen LogP contribution in [0.4, 0.5) is 5.69 Å². The molecule has 3 N–H and O–H groups in total. The summed E-state index contributed by atoms with van der Waals surface area (Å²) in [5.74, 6) is 0. The molecule has 0 aromatic carbocycles. The van der Waals surface area contributed by atoms with E-state index in [1.165, 1.54) is 11.8 Å². The molecule has 0 saturated carbocycles. The summed E-state index contributed by atoms with van der Waals surface area (Å²) < 4.78 is 3.49. The zero-order valence-corrected chi connectivity index (χ0v) is 13.0. The minimum atomic E-state index is -0.209. The normalized spacial score (nSPS) is 11.4. The Bertz CT molecular complexity index is 653. The summed E-state index contributed by atoms with van der Waals surface area (Å²) >= 11 is 1.37. The summed E-state index contributed by atoms with van der Waals surface area (Å²) in [5.41, 5.74) is 7.32. The van der Waals surface area contributed by atoms with Crippen molar-refractivity contribution in [3.63, 3.8) is 0 Å². The number of aromatic amines is 1. The largest absolute Gasteiger partial charge is 0.395 e. The van der Waals surface area contributed by atoms with Crippen LogP contribution in [-0.4, -0.2) is 24.5 Å². The summed E-state index contributed by atoms with van der Waals surface area (Å²) in [6.45, 7) is 8.64. The topological polar surface area (TPSA) is 94.5 Å². The van der Waals surface area contributed by atoms with Crippen molar-refractivity contribution in [3.05, 3.63) is 16.2 Å². The molecule has 0 saturated heterocycles. The highest BCUT2D eigenvalue weighted by atomic mass is 32.2. The van der Waals surface area contributed by atoms with E-state index in [0.717, 1.165) is 23.7 Å². The van der Waals surface area contributed by atoms with Crippen LogP contribution < -0.4 is 11.4 Å². The number of hydrogen-bond acceptors (Lipinski definition) is 5. The second-order valence-electron chi connectivity index (χ2n) is 4.90. The Labute approximate surface area is 121 Å². The van der Waals surface area contributed by atoms with Gasteiger partial charge in [-0.15, -0.1) is 5.10 Å². The maximum Gasteiger partial charge on any atom is 0.344 e. The number of nitrogens with one attached hydrogen (secondary N) is 1. The van der Waals surface area contributed by atoms with E-state index in [0.29, 0.717) is 10.8 Å². The third-order valence-electron chi connectivity index (χ3n) is 2.94. The molecular weight excluding hydrogens is 276 g/mol. The lowest BCUT2D eigenvalue weighted by Gasteiger charge is -2.10. The van der Waals surface area contributed by atoms with Gasteiger partial charge in [0.05, 0.1) is 11.4 Å². The van der Waals surface area contributed by atoms with Crippen LogP contribution in [0.25, 0.3) is 0 Å². The highest BCUT2D eigenvalue weighted by molar-refractivity contribution is 7.99. The molecule has 0 spiro atoms. The van der Waals surface area contributed by atoms with Crippen LogP contribution in [0, 0.1) is 6.92 Å². The van der Waals surface area contributed by atoms with Crippen LogP contribution >= 0.6 is 11.8 Å². The summed E-state index contributed by atoms with van der Waals surface area (Å²) in [7, 11) is 0. The fraction of sp³-hybridized carbons (Fsp3) is 0.583.